The molecule has 1 fully saturated rings. The van der Waals surface area contributed by atoms with Crippen molar-refractivity contribution in [2.45, 2.75) is 19.9 Å². The van der Waals surface area contributed by atoms with Gasteiger partial charge in [-0.25, -0.2) is 0 Å². The predicted octanol–water partition coefficient (Wildman–Crippen LogP) is 0.00440. The van der Waals surface area contributed by atoms with Crippen LogP contribution in [0.3, 0.4) is 0 Å². The highest BCUT2D eigenvalue weighted by Crippen LogP contribution is 2.08. The number of likely N-dealkylation sites (N-methyl/N-ethyl adjacent to an activating group) is 1. The van der Waals surface area contributed by atoms with Crippen molar-refractivity contribution in [2.75, 3.05) is 40.3 Å². The summed E-state index contributed by atoms with van der Waals surface area (Å²) in [4.78, 5) is 15.7. The molecule has 0 aromatic carbocycles. The molecule has 4 nitrogen and oxygen atoms in total. The van der Waals surface area contributed by atoms with Crippen molar-refractivity contribution in [3.8, 4) is 0 Å². The van der Waals surface area contributed by atoms with E-state index in [1.807, 2.05) is 23.9 Å². The van der Waals surface area contributed by atoms with Crippen LogP contribution in [0.15, 0.2) is 0 Å². The average molecular weight is 213 g/mol. The lowest BCUT2D eigenvalue weighted by molar-refractivity contribution is -0.133. The van der Waals surface area contributed by atoms with Gasteiger partial charge in [0.15, 0.2) is 0 Å². The minimum Gasteiger partial charge on any atom is -0.339 e. The van der Waals surface area contributed by atoms with E-state index in [1.54, 1.807) is 0 Å². The van der Waals surface area contributed by atoms with Crippen LogP contribution in [0.5, 0.6) is 0 Å². The molecule has 1 atom stereocenters. The first-order chi connectivity index (χ1) is 7.00. The van der Waals surface area contributed by atoms with Gasteiger partial charge in [-0.15, -0.1) is 0 Å². The highest BCUT2D eigenvalue weighted by atomic mass is 16.2. The first-order valence-electron chi connectivity index (χ1n) is 5.66. The SMILES string of the molecule is CC(C)C1CN(C(=O)CN(C)C)CCN1. The van der Waals surface area contributed by atoms with Gasteiger partial charge < -0.3 is 15.1 Å². The van der Waals surface area contributed by atoms with Crippen molar-refractivity contribution in [3.63, 3.8) is 0 Å². The molecule has 15 heavy (non-hydrogen) atoms. The molecular weight excluding hydrogens is 190 g/mol. The summed E-state index contributed by atoms with van der Waals surface area (Å²) in [7, 11) is 3.86. The Bertz CT molecular complexity index is 216. The number of nitrogens with one attached hydrogen (secondary N) is 1. The van der Waals surface area contributed by atoms with Crippen molar-refractivity contribution in [3.05, 3.63) is 0 Å². The molecule has 0 saturated carbocycles. The van der Waals surface area contributed by atoms with Crippen LogP contribution in [0.4, 0.5) is 0 Å². The summed E-state index contributed by atoms with van der Waals surface area (Å²) in [6, 6.07) is 0.449. The van der Waals surface area contributed by atoms with Gasteiger partial charge in [0.25, 0.3) is 0 Å². The van der Waals surface area contributed by atoms with Gasteiger partial charge in [0, 0.05) is 25.7 Å². The minimum absolute atomic E-state index is 0.243. The molecule has 0 spiro atoms. The second-order valence-electron chi connectivity index (χ2n) is 4.88. The topological polar surface area (TPSA) is 35.6 Å². The van der Waals surface area contributed by atoms with E-state index in [2.05, 4.69) is 19.2 Å². The standard InChI is InChI=1S/C11H23N3O/c1-9(2)10-7-14(6-5-12-10)11(15)8-13(3)4/h9-10,12H,5-8H2,1-4H3. The highest BCUT2D eigenvalue weighted by molar-refractivity contribution is 5.78. The first-order valence-corrected chi connectivity index (χ1v) is 5.66. The number of hydrogen-bond acceptors (Lipinski definition) is 3. The number of hydrogen-bond donors (Lipinski definition) is 1. The molecule has 1 unspecified atom stereocenters. The molecular formula is C11H23N3O. The third-order valence-electron chi connectivity index (χ3n) is 2.81. The van der Waals surface area contributed by atoms with Crippen molar-refractivity contribution in [1.29, 1.82) is 0 Å². The average Bonchev–Trinajstić information content (AvgIpc) is 2.17. The Balaban J connectivity index is 2.45. The maximum absolute atomic E-state index is 11.8. The summed E-state index contributed by atoms with van der Waals surface area (Å²) in [5.41, 5.74) is 0. The number of piperazine rings is 1. The molecule has 1 rings (SSSR count). The number of rotatable bonds is 3. The largest absolute Gasteiger partial charge is 0.339 e. The molecule has 1 aliphatic rings. The summed E-state index contributed by atoms with van der Waals surface area (Å²) < 4.78 is 0. The zero-order valence-corrected chi connectivity index (χ0v) is 10.3. The van der Waals surface area contributed by atoms with Gasteiger partial charge >= 0.3 is 0 Å². The highest BCUT2D eigenvalue weighted by Gasteiger charge is 2.24. The molecule has 1 saturated heterocycles. The fraction of sp³-hybridized carbons (Fsp3) is 0.909. The Kier molecular flexibility index (Phi) is 4.54. The molecule has 1 N–H and O–H groups in total. The maximum Gasteiger partial charge on any atom is 0.236 e. The Hall–Kier alpha value is -0.610. The van der Waals surface area contributed by atoms with Gasteiger partial charge in [0.1, 0.15) is 0 Å². The second kappa shape index (κ2) is 5.47. The van der Waals surface area contributed by atoms with Gasteiger partial charge in [0.05, 0.1) is 6.54 Å². The van der Waals surface area contributed by atoms with Crippen LogP contribution in [-0.2, 0) is 4.79 Å². The van der Waals surface area contributed by atoms with Crippen LogP contribution in [-0.4, -0.2) is 62.0 Å². The first kappa shape index (κ1) is 12.5. The van der Waals surface area contributed by atoms with E-state index in [0.29, 0.717) is 18.5 Å². The van der Waals surface area contributed by atoms with Crippen molar-refractivity contribution < 1.29 is 4.79 Å². The van der Waals surface area contributed by atoms with Crippen molar-refractivity contribution in [2.24, 2.45) is 5.92 Å². The van der Waals surface area contributed by atoms with Crippen LogP contribution in [0.1, 0.15) is 13.8 Å². The lowest BCUT2D eigenvalue weighted by Crippen LogP contribution is -2.55. The van der Waals surface area contributed by atoms with Crippen molar-refractivity contribution in [1.82, 2.24) is 15.1 Å². The number of nitrogens with zero attached hydrogens (tertiary/aromatic N) is 2. The lowest BCUT2D eigenvalue weighted by atomic mass is 10.0. The Labute approximate surface area is 92.6 Å². The third kappa shape index (κ3) is 3.80. The van der Waals surface area contributed by atoms with Crippen molar-refractivity contribution >= 4 is 5.91 Å². The molecule has 88 valence electrons. The second-order valence-corrected chi connectivity index (χ2v) is 4.88. The van der Waals surface area contributed by atoms with Gasteiger partial charge in [-0.3, -0.25) is 4.79 Å². The molecule has 0 radical (unpaired) electrons. The maximum atomic E-state index is 11.8. The number of amides is 1. The molecule has 1 heterocycles. The molecule has 1 amide bonds. The van der Waals surface area contributed by atoms with E-state index >= 15 is 0 Å². The summed E-state index contributed by atoms with van der Waals surface area (Å²) in [6.45, 7) is 7.52. The Morgan fingerprint density at radius 3 is 2.73 bits per heavy atom. The monoisotopic (exact) mass is 213 g/mol. The lowest BCUT2D eigenvalue weighted by Gasteiger charge is -2.36. The van der Waals surface area contributed by atoms with Crippen LogP contribution >= 0.6 is 0 Å². The molecule has 0 aliphatic carbocycles. The summed E-state index contributed by atoms with van der Waals surface area (Å²) >= 11 is 0. The minimum atomic E-state index is 0.243. The Morgan fingerprint density at radius 1 is 1.53 bits per heavy atom. The zero-order valence-electron chi connectivity index (χ0n) is 10.3. The van der Waals surface area contributed by atoms with E-state index in [-0.39, 0.29) is 5.91 Å². The number of carbonyl (C=O) groups excluding carboxylic acids is 1. The normalized spacial score (nSPS) is 22.5. The van der Waals surface area contributed by atoms with Crippen LogP contribution in [0.25, 0.3) is 0 Å². The van der Waals surface area contributed by atoms with Crippen LogP contribution in [0, 0.1) is 5.92 Å². The summed E-state index contributed by atoms with van der Waals surface area (Å²) in [5.74, 6) is 0.826. The van der Waals surface area contributed by atoms with Crippen LogP contribution < -0.4 is 5.32 Å². The van der Waals surface area contributed by atoms with Gasteiger partial charge in [-0.05, 0) is 20.0 Å². The van der Waals surface area contributed by atoms with Gasteiger partial charge in [0.2, 0.25) is 5.91 Å². The van der Waals surface area contributed by atoms with E-state index in [0.717, 1.165) is 19.6 Å². The fourth-order valence-electron chi connectivity index (χ4n) is 1.82. The summed E-state index contributed by atoms with van der Waals surface area (Å²) in [5, 5.41) is 3.45. The van der Waals surface area contributed by atoms with E-state index in [9.17, 15) is 4.79 Å². The molecule has 1 aliphatic heterocycles. The number of carbonyl (C=O) groups is 1. The summed E-state index contributed by atoms with van der Waals surface area (Å²) in [6.07, 6.45) is 0. The predicted molar refractivity (Wildman–Crippen MR) is 61.8 cm³/mol. The van der Waals surface area contributed by atoms with E-state index in [1.165, 1.54) is 0 Å². The van der Waals surface area contributed by atoms with Crippen LogP contribution in [0.2, 0.25) is 0 Å². The molecule has 0 bridgehead atoms. The smallest absolute Gasteiger partial charge is 0.236 e. The third-order valence-corrected chi connectivity index (χ3v) is 2.81. The quantitative estimate of drug-likeness (QED) is 0.717. The van der Waals surface area contributed by atoms with Gasteiger partial charge in [-0.1, -0.05) is 13.8 Å². The fourth-order valence-corrected chi connectivity index (χ4v) is 1.82. The molecule has 4 heteroatoms. The molecule has 0 aromatic rings. The zero-order chi connectivity index (χ0) is 11.4. The van der Waals surface area contributed by atoms with E-state index < -0.39 is 0 Å². The molecule has 0 aromatic heterocycles. The van der Waals surface area contributed by atoms with Gasteiger partial charge in [-0.2, -0.15) is 0 Å². The Morgan fingerprint density at radius 2 is 2.20 bits per heavy atom. The van der Waals surface area contributed by atoms with E-state index in [4.69, 9.17) is 0 Å².